The van der Waals surface area contributed by atoms with Crippen molar-refractivity contribution in [1.82, 2.24) is 10.2 Å². The third-order valence-electron chi connectivity index (χ3n) is 4.98. The number of halogens is 4. The zero-order valence-electron chi connectivity index (χ0n) is 15.9. The second-order valence-electron chi connectivity index (χ2n) is 6.96. The number of amides is 1. The van der Waals surface area contributed by atoms with Crippen LogP contribution in [0, 0.1) is 0 Å². The lowest BCUT2D eigenvalue weighted by atomic mass is 10.1. The zero-order valence-corrected chi connectivity index (χ0v) is 16.6. The number of rotatable bonds is 6. The predicted molar refractivity (Wildman–Crippen MR) is 108 cm³/mol. The summed E-state index contributed by atoms with van der Waals surface area (Å²) >= 11 is 5.92. The normalized spacial score (nSPS) is 15.4. The fraction of sp³-hybridized carbons (Fsp3) is 0.381. The van der Waals surface area contributed by atoms with Gasteiger partial charge >= 0.3 is 6.18 Å². The molecule has 0 radical (unpaired) electrons. The van der Waals surface area contributed by atoms with Gasteiger partial charge in [0.05, 0.1) is 11.1 Å². The van der Waals surface area contributed by atoms with Crippen molar-refractivity contribution in [2.75, 3.05) is 44.2 Å². The van der Waals surface area contributed by atoms with Crippen LogP contribution < -0.4 is 10.2 Å². The average molecular weight is 426 g/mol. The maximum absolute atomic E-state index is 13.0. The van der Waals surface area contributed by atoms with E-state index in [1.165, 1.54) is 18.2 Å². The van der Waals surface area contributed by atoms with E-state index < -0.39 is 17.6 Å². The Labute approximate surface area is 173 Å². The van der Waals surface area contributed by atoms with Crippen LogP contribution in [0.4, 0.5) is 18.9 Å². The minimum atomic E-state index is -4.54. The third kappa shape index (κ3) is 5.87. The standard InChI is InChI=1S/C21H23ClF3N3O/c22-16-6-8-17(9-7-16)28-14-12-27(13-15-28)11-3-10-26-20(29)18-4-1-2-5-19(18)21(23,24)25/h1-2,4-9H,3,10-15H2,(H,26,29). The molecule has 1 heterocycles. The monoisotopic (exact) mass is 425 g/mol. The van der Waals surface area contributed by atoms with Crippen molar-refractivity contribution in [3.05, 3.63) is 64.7 Å². The molecule has 0 unspecified atom stereocenters. The molecule has 2 aromatic carbocycles. The van der Waals surface area contributed by atoms with Gasteiger partial charge in [-0.15, -0.1) is 0 Å². The molecule has 1 saturated heterocycles. The SMILES string of the molecule is O=C(NCCCN1CCN(c2ccc(Cl)cc2)CC1)c1ccccc1C(F)(F)F. The Hall–Kier alpha value is -2.25. The van der Waals surface area contributed by atoms with Gasteiger partial charge in [-0.25, -0.2) is 0 Å². The largest absolute Gasteiger partial charge is 0.417 e. The van der Waals surface area contributed by atoms with Crippen LogP contribution >= 0.6 is 11.6 Å². The summed E-state index contributed by atoms with van der Waals surface area (Å²) in [4.78, 5) is 16.7. The Morgan fingerprint density at radius 1 is 1.00 bits per heavy atom. The number of alkyl halides is 3. The number of nitrogens with one attached hydrogen (secondary N) is 1. The van der Waals surface area contributed by atoms with E-state index in [1.807, 2.05) is 24.3 Å². The molecule has 1 fully saturated rings. The first-order valence-electron chi connectivity index (χ1n) is 9.52. The van der Waals surface area contributed by atoms with Crippen molar-refractivity contribution in [3.63, 3.8) is 0 Å². The van der Waals surface area contributed by atoms with Crippen LogP contribution in [-0.4, -0.2) is 50.1 Å². The van der Waals surface area contributed by atoms with E-state index in [0.717, 1.165) is 44.5 Å². The Bertz CT molecular complexity index is 819. The van der Waals surface area contributed by atoms with Gasteiger partial charge in [-0.2, -0.15) is 13.2 Å². The van der Waals surface area contributed by atoms with Crippen LogP contribution in [0.15, 0.2) is 48.5 Å². The van der Waals surface area contributed by atoms with E-state index in [2.05, 4.69) is 15.1 Å². The molecule has 4 nitrogen and oxygen atoms in total. The Kier molecular flexibility index (Phi) is 7.03. The van der Waals surface area contributed by atoms with Gasteiger partial charge in [-0.05, 0) is 49.4 Å². The molecule has 0 bridgehead atoms. The first-order valence-corrected chi connectivity index (χ1v) is 9.90. The number of benzene rings is 2. The maximum atomic E-state index is 13.0. The van der Waals surface area contributed by atoms with Crippen LogP contribution in [0.2, 0.25) is 5.02 Å². The second-order valence-corrected chi connectivity index (χ2v) is 7.39. The van der Waals surface area contributed by atoms with Crippen molar-refractivity contribution >= 4 is 23.2 Å². The summed E-state index contributed by atoms with van der Waals surface area (Å²) in [5.74, 6) is -0.689. The number of hydrogen-bond donors (Lipinski definition) is 1. The summed E-state index contributed by atoms with van der Waals surface area (Å²) in [5, 5.41) is 3.32. The first-order chi connectivity index (χ1) is 13.8. The Morgan fingerprint density at radius 2 is 1.66 bits per heavy atom. The highest BCUT2D eigenvalue weighted by molar-refractivity contribution is 6.30. The summed E-state index contributed by atoms with van der Waals surface area (Å²) in [6, 6.07) is 12.6. The number of anilines is 1. The lowest BCUT2D eigenvalue weighted by Crippen LogP contribution is -2.47. The number of piperazine rings is 1. The summed E-state index contributed by atoms with van der Waals surface area (Å²) in [5.41, 5.74) is -0.1000. The van der Waals surface area contributed by atoms with E-state index in [-0.39, 0.29) is 5.56 Å². The fourth-order valence-corrected chi connectivity index (χ4v) is 3.54. The van der Waals surface area contributed by atoms with Gasteiger partial charge in [0.15, 0.2) is 0 Å². The van der Waals surface area contributed by atoms with E-state index in [1.54, 1.807) is 0 Å². The molecule has 1 amide bonds. The molecule has 8 heteroatoms. The molecule has 3 rings (SSSR count). The van der Waals surface area contributed by atoms with Gasteiger partial charge in [0.25, 0.3) is 5.91 Å². The molecule has 0 spiro atoms. The van der Waals surface area contributed by atoms with E-state index >= 15 is 0 Å². The maximum Gasteiger partial charge on any atom is 0.417 e. The van der Waals surface area contributed by atoms with Gasteiger partial charge in [-0.3, -0.25) is 9.69 Å². The molecule has 2 aromatic rings. The van der Waals surface area contributed by atoms with E-state index in [0.29, 0.717) is 18.0 Å². The van der Waals surface area contributed by atoms with Gasteiger partial charge < -0.3 is 10.2 Å². The van der Waals surface area contributed by atoms with Crippen LogP contribution in [-0.2, 0) is 6.18 Å². The van der Waals surface area contributed by atoms with Crippen molar-refractivity contribution in [3.8, 4) is 0 Å². The van der Waals surface area contributed by atoms with Crippen molar-refractivity contribution in [2.24, 2.45) is 0 Å². The molecule has 1 aliphatic heterocycles. The predicted octanol–water partition coefficient (Wildman–Crippen LogP) is 4.30. The molecule has 0 saturated carbocycles. The molecule has 29 heavy (non-hydrogen) atoms. The van der Waals surface area contributed by atoms with E-state index in [4.69, 9.17) is 11.6 Å². The molecule has 0 aliphatic carbocycles. The first kappa shape index (κ1) is 21.5. The Morgan fingerprint density at radius 3 is 2.31 bits per heavy atom. The van der Waals surface area contributed by atoms with Gasteiger partial charge in [-0.1, -0.05) is 23.7 Å². The van der Waals surface area contributed by atoms with E-state index in [9.17, 15) is 18.0 Å². The van der Waals surface area contributed by atoms with Crippen molar-refractivity contribution in [1.29, 1.82) is 0 Å². The number of carbonyl (C=O) groups is 1. The molecule has 1 N–H and O–H groups in total. The highest BCUT2D eigenvalue weighted by Crippen LogP contribution is 2.31. The number of hydrogen-bond acceptors (Lipinski definition) is 3. The highest BCUT2D eigenvalue weighted by Gasteiger charge is 2.34. The lowest BCUT2D eigenvalue weighted by Gasteiger charge is -2.36. The minimum Gasteiger partial charge on any atom is -0.369 e. The molecule has 0 atom stereocenters. The molecular formula is C21H23ClF3N3O. The smallest absolute Gasteiger partial charge is 0.369 e. The van der Waals surface area contributed by atoms with Crippen molar-refractivity contribution < 1.29 is 18.0 Å². The third-order valence-corrected chi connectivity index (χ3v) is 5.23. The second kappa shape index (κ2) is 9.50. The molecule has 156 valence electrons. The zero-order chi connectivity index (χ0) is 20.9. The quantitative estimate of drug-likeness (QED) is 0.701. The van der Waals surface area contributed by atoms with Gasteiger partial charge in [0.1, 0.15) is 0 Å². The van der Waals surface area contributed by atoms with Crippen molar-refractivity contribution in [2.45, 2.75) is 12.6 Å². The van der Waals surface area contributed by atoms with Gasteiger partial charge in [0, 0.05) is 43.4 Å². The lowest BCUT2D eigenvalue weighted by molar-refractivity contribution is -0.137. The summed E-state index contributed by atoms with van der Waals surface area (Å²) in [6.45, 7) is 4.71. The topological polar surface area (TPSA) is 35.6 Å². The summed E-state index contributed by atoms with van der Waals surface area (Å²) in [7, 11) is 0. The molecular weight excluding hydrogens is 403 g/mol. The fourth-order valence-electron chi connectivity index (χ4n) is 3.41. The highest BCUT2D eigenvalue weighted by atomic mass is 35.5. The minimum absolute atomic E-state index is 0.336. The van der Waals surface area contributed by atoms with Gasteiger partial charge in [0.2, 0.25) is 0 Å². The number of nitrogens with zero attached hydrogens (tertiary/aromatic N) is 2. The molecule has 0 aromatic heterocycles. The van der Waals surface area contributed by atoms with Crippen LogP contribution in [0.5, 0.6) is 0 Å². The average Bonchev–Trinajstić information content (AvgIpc) is 2.71. The summed E-state index contributed by atoms with van der Waals surface area (Å²) < 4.78 is 39.1. The Balaban J connectivity index is 1.41. The summed E-state index contributed by atoms with van der Waals surface area (Å²) in [6.07, 6.45) is -3.86. The van der Waals surface area contributed by atoms with Crippen LogP contribution in [0.1, 0.15) is 22.3 Å². The molecule has 1 aliphatic rings. The van der Waals surface area contributed by atoms with Crippen LogP contribution in [0.25, 0.3) is 0 Å². The van der Waals surface area contributed by atoms with Crippen LogP contribution in [0.3, 0.4) is 0 Å². The number of carbonyl (C=O) groups excluding carboxylic acids is 1.